The van der Waals surface area contributed by atoms with Crippen LogP contribution in [0.2, 0.25) is 0 Å². The lowest BCUT2D eigenvalue weighted by Gasteiger charge is -2.36. The molecule has 0 aromatic heterocycles. The van der Waals surface area contributed by atoms with Gasteiger partial charge in [-0.05, 0) is 42.9 Å². The first-order valence-electron chi connectivity index (χ1n) is 7.20. The topological polar surface area (TPSA) is 12.0 Å². The number of hydrogen-bond acceptors (Lipinski definition) is 1. The normalized spacial score (nSPS) is 29.2. The van der Waals surface area contributed by atoms with E-state index >= 15 is 0 Å². The summed E-state index contributed by atoms with van der Waals surface area (Å²) in [4.78, 5) is 0. The second kappa shape index (κ2) is 6.73. The molecule has 0 heterocycles. The molecule has 4 unspecified atom stereocenters. The SMILES string of the molecule is CC(NC1CCCC(C)C1C)c1ccc(Br)cc1Br. The summed E-state index contributed by atoms with van der Waals surface area (Å²) in [5.41, 5.74) is 1.34. The summed E-state index contributed by atoms with van der Waals surface area (Å²) in [6.07, 6.45) is 4.05. The van der Waals surface area contributed by atoms with Crippen LogP contribution < -0.4 is 5.32 Å². The highest BCUT2D eigenvalue weighted by Gasteiger charge is 2.28. The number of benzene rings is 1. The van der Waals surface area contributed by atoms with Crippen LogP contribution in [0, 0.1) is 11.8 Å². The van der Waals surface area contributed by atoms with Gasteiger partial charge in [0.05, 0.1) is 0 Å². The molecule has 1 saturated carbocycles. The lowest BCUT2D eigenvalue weighted by atomic mass is 9.77. The summed E-state index contributed by atoms with van der Waals surface area (Å²) in [6, 6.07) is 7.48. The maximum atomic E-state index is 3.83. The Balaban J connectivity index is 2.05. The van der Waals surface area contributed by atoms with E-state index in [2.05, 4.69) is 76.1 Å². The number of hydrogen-bond donors (Lipinski definition) is 1. The van der Waals surface area contributed by atoms with E-state index < -0.39 is 0 Å². The van der Waals surface area contributed by atoms with E-state index in [-0.39, 0.29) is 0 Å². The molecule has 1 fully saturated rings. The molecular weight excluding hydrogens is 366 g/mol. The van der Waals surface area contributed by atoms with E-state index in [9.17, 15) is 0 Å². The molecule has 0 spiro atoms. The zero-order valence-electron chi connectivity index (χ0n) is 11.9. The van der Waals surface area contributed by atoms with Crippen LogP contribution in [-0.4, -0.2) is 6.04 Å². The fourth-order valence-electron chi connectivity index (χ4n) is 3.08. The first-order valence-corrected chi connectivity index (χ1v) is 8.78. The smallest absolute Gasteiger partial charge is 0.0305 e. The van der Waals surface area contributed by atoms with E-state index in [4.69, 9.17) is 0 Å². The van der Waals surface area contributed by atoms with Crippen LogP contribution in [0.4, 0.5) is 0 Å². The van der Waals surface area contributed by atoms with Gasteiger partial charge in [0.25, 0.3) is 0 Å². The fraction of sp³-hybridized carbons (Fsp3) is 0.625. The zero-order chi connectivity index (χ0) is 14.0. The highest BCUT2D eigenvalue weighted by atomic mass is 79.9. The van der Waals surface area contributed by atoms with Gasteiger partial charge in [-0.15, -0.1) is 0 Å². The monoisotopic (exact) mass is 387 g/mol. The van der Waals surface area contributed by atoms with Gasteiger partial charge in [-0.3, -0.25) is 0 Å². The van der Waals surface area contributed by atoms with Crippen molar-refractivity contribution in [2.75, 3.05) is 0 Å². The van der Waals surface area contributed by atoms with Crippen molar-refractivity contribution in [1.82, 2.24) is 5.32 Å². The average molecular weight is 389 g/mol. The fourth-order valence-corrected chi connectivity index (χ4v) is 4.47. The molecule has 0 bridgehead atoms. The van der Waals surface area contributed by atoms with E-state index in [1.54, 1.807) is 0 Å². The van der Waals surface area contributed by atoms with Gasteiger partial charge in [-0.1, -0.05) is 64.6 Å². The molecule has 0 radical (unpaired) electrons. The van der Waals surface area contributed by atoms with Crippen LogP contribution in [0.1, 0.15) is 51.6 Å². The quantitative estimate of drug-likeness (QED) is 0.701. The Morgan fingerprint density at radius 2 is 1.95 bits per heavy atom. The average Bonchev–Trinajstić information content (AvgIpc) is 2.34. The summed E-state index contributed by atoms with van der Waals surface area (Å²) >= 11 is 7.18. The van der Waals surface area contributed by atoms with Crippen LogP contribution in [0.3, 0.4) is 0 Å². The van der Waals surface area contributed by atoms with E-state index in [1.807, 2.05) is 0 Å². The van der Waals surface area contributed by atoms with Crippen molar-refractivity contribution < 1.29 is 0 Å². The van der Waals surface area contributed by atoms with Crippen molar-refractivity contribution in [1.29, 1.82) is 0 Å². The van der Waals surface area contributed by atoms with Crippen molar-refractivity contribution in [2.45, 2.75) is 52.1 Å². The Bertz CT molecular complexity index is 433. The second-order valence-corrected chi connectivity index (χ2v) is 7.70. The predicted molar refractivity (Wildman–Crippen MR) is 89.4 cm³/mol. The summed E-state index contributed by atoms with van der Waals surface area (Å²) in [5, 5.41) is 3.83. The molecule has 19 heavy (non-hydrogen) atoms. The minimum absolute atomic E-state index is 0.389. The molecule has 1 aromatic carbocycles. The van der Waals surface area contributed by atoms with Crippen molar-refractivity contribution >= 4 is 31.9 Å². The Labute approximate surface area is 133 Å². The highest BCUT2D eigenvalue weighted by molar-refractivity contribution is 9.11. The van der Waals surface area contributed by atoms with Gasteiger partial charge < -0.3 is 5.32 Å². The first-order chi connectivity index (χ1) is 8.99. The summed E-state index contributed by atoms with van der Waals surface area (Å²) in [5.74, 6) is 1.61. The Hall–Kier alpha value is 0.140. The third kappa shape index (κ3) is 3.83. The van der Waals surface area contributed by atoms with Gasteiger partial charge in [-0.25, -0.2) is 0 Å². The van der Waals surface area contributed by atoms with Crippen LogP contribution >= 0.6 is 31.9 Å². The van der Waals surface area contributed by atoms with Gasteiger partial charge in [0, 0.05) is 21.0 Å². The minimum atomic E-state index is 0.389. The number of halogens is 2. The molecule has 1 aliphatic carbocycles. The molecule has 1 aromatic rings. The number of nitrogens with one attached hydrogen (secondary N) is 1. The maximum Gasteiger partial charge on any atom is 0.0305 e. The van der Waals surface area contributed by atoms with E-state index in [0.717, 1.165) is 16.3 Å². The molecule has 0 amide bonds. The summed E-state index contributed by atoms with van der Waals surface area (Å²) in [7, 11) is 0. The van der Waals surface area contributed by atoms with Crippen LogP contribution in [0.25, 0.3) is 0 Å². The van der Waals surface area contributed by atoms with Gasteiger partial charge in [-0.2, -0.15) is 0 Å². The molecule has 106 valence electrons. The van der Waals surface area contributed by atoms with Crippen molar-refractivity contribution in [2.24, 2.45) is 11.8 Å². The predicted octanol–water partition coefficient (Wildman–Crippen LogP) is 5.69. The third-order valence-corrected chi connectivity index (χ3v) is 5.78. The van der Waals surface area contributed by atoms with Crippen LogP contribution in [-0.2, 0) is 0 Å². The zero-order valence-corrected chi connectivity index (χ0v) is 15.1. The molecule has 4 atom stereocenters. The largest absolute Gasteiger partial charge is 0.307 e. The van der Waals surface area contributed by atoms with E-state index in [0.29, 0.717) is 12.1 Å². The van der Waals surface area contributed by atoms with Gasteiger partial charge >= 0.3 is 0 Å². The molecular formula is C16H23Br2N. The molecule has 3 heteroatoms. The first kappa shape index (κ1) is 15.5. The van der Waals surface area contributed by atoms with Gasteiger partial charge in [0.15, 0.2) is 0 Å². The Kier molecular flexibility index (Phi) is 5.50. The highest BCUT2D eigenvalue weighted by Crippen LogP contribution is 2.32. The standard InChI is InChI=1S/C16H23Br2N/c1-10-5-4-6-16(11(10)2)19-12(3)14-8-7-13(17)9-15(14)18/h7-12,16,19H,4-6H2,1-3H3. The summed E-state index contributed by atoms with van der Waals surface area (Å²) < 4.78 is 2.30. The maximum absolute atomic E-state index is 3.83. The number of rotatable bonds is 3. The molecule has 1 N–H and O–H groups in total. The summed E-state index contributed by atoms with van der Waals surface area (Å²) in [6.45, 7) is 7.05. The van der Waals surface area contributed by atoms with Gasteiger partial charge in [0.1, 0.15) is 0 Å². The van der Waals surface area contributed by atoms with Crippen molar-refractivity contribution in [3.63, 3.8) is 0 Å². The lowest BCUT2D eigenvalue weighted by Crippen LogP contribution is -2.41. The second-order valence-electron chi connectivity index (χ2n) is 5.93. The Morgan fingerprint density at radius 3 is 2.63 bits per heavy atom. The van der Waals surface area contributed by atoms with Crippen molar-refractivity contribution in [3.8, 4) is 0 Å². The lowest BCUT2D eigenvalue weighted by molar-refractivity contribution is 0.196. The Morgan fingerprint density at radius 1 is 1.21 bits per heavy atom. The van der Waals surface area contributed by atoms with Crippen molar-refractivity contribution in [3.05, 3.63) is 32.7 Å². The molecule has 1 nitrogen and oxygen atoms in total. The van der Waals surface area contributed by atoms with E-state index in [1.165, 1.54) is 29.3 Å². The van der Waals surface area contributed by atoms with Gasteiger partial charge in [0.2, 0.25) is 0 Å². The third-order valence-electron chi connectivity index (χ3n) is 4.60. The minimum Gasteiger partial charge on any atom is -0.307 e. The molecule has 1 aliphatic rings. The molecule has 0 saturated heterocycles. The van der Waals surface area contributed by atoms with Crippen LogP contribution in [0.5, 0.6) is 0 Å². The molecule has 0 aliphatic heterocycles. The van der Waals surface area contributed by atoms with Crippen LogP contribution in [0.15, 0.2) is 27.1 Å². The molecule has 2 rings (SSSR count).